The van der Waals surface area contributed by atoms with E-state index in [-0.39, 0.29) is 12.1 Å². The van der Waals surface area contributed by atoms with Gasteiger partial charge in [0.1, 0.15) is 5.15 Å². The first-order valence-corrected chi connectivity index (χ1v) is 8.90. The number of hydrogen-bond acceptors (Lipinski definition) is 5. The van der Waals surface area contributed by atoms with Crippen molar-refractivity contribution in [1.29, 1.82) is 5.26 Å². The Morgan fingerprint density at radius 2 is 2.14 bits per heavy atom. The maximum Gasteiger partial charge on any atom is 0.261 e. The Morgan fingerprint density at radius 1 is 1.29 bits per heavy atom. The van der Waals surface area contributed by atoms with Gasteiger partial charge in [0, 0.05) is 12.1 Å². The summed E-state index contributed by atoms with van der Waals surface area (Å²) in [5.74, 6) is 0. The van der Waals surface area contributed by atoms with Crippen molar-refractivity contribution < 1.29 is 0 Å². The summed E-state index contributed by atoms with van der Waals surface area (Å²) in [6, 6.07) is 14.1. The summed E-state index contributed by atoms with van der Waals surface area (Å²) in [5, 5.41) is 16.6. The first-order chi connectivity index (χ1) is 13.6. The number of hydrogen-bond donors (Lipinski definition) is 2. The van der Waals surface area contributed by atoms with Crippen molar-refractivity contribution in [3.05, 3.63) is 81.6 Å². The Morgan fingerprint density at radius 3 is 2.86 bits per heavy atom. The van der Waals surface area contributed by atoms with Gasteiger partial charge in [-0.05, 0) is 35.4 Å². The van der Waals surface area contributed by atoms with Crippen LogP contribution in [-0.4, -0.2) is 26.3 Å². The molecular formula is C20H15ClN6O. The maximum absolute atomic E-state index is 13.1. The lowest BCUT2D eigenvalue weighted by Gasteiger charge is -2.19. The minimum Gasteiger partial charge on any atom is -0.328 e. The van der Waals surface area contributed by atoms with E-state index in [1.165, 1.54) is 10.9 Å². The van der Waals surface area contributed by atoms with Crippen LogP contribution >= 0.6 is 11.6 Å². The molecule has 4 aromatic rings. The number of nitrogens with zero attached hydrogens (tertiary/aromatic N) is 4. The number of H-pyrrole nitrogens is 1. The van der Waals surface area contributed by atoms with E-state index in [9.17, 15) is 4.79 Å². The molecular weight excluding hydrogens is 376 g/mol. The van der Waals surface area contributed by atoms with E-state index in [0.29, 0.717) is 21.6 Å². The van der Waals surface area contributed by atoms with Crippen molar-refractivity contribution in [2.75, 3.05) is 6.54 Å². The van der Waals surface area contributed by atoms with Crippen molar-refractivity contribution in [1.82, 2.24) is 19.7 Å². The Kier molecular flexibility index (Phi) is 4.65. The Hall–Kier alpha value is -3.47. The molecule has 2 aromatic heterocycles. The van der Waals surface area contributed by atoms with E-state index < -0.39 is 6.04 Å². The fraction of sp³-hybridized carbons (Fsp3) is 0.100. The summed E-state index contributed by atoms with van der Waals surface area (Å²) in [7, 11) is 0. The van der Waals surface area contributed by atoms with Crippen molar-refractivity contribution in [2.24, 2.45) is 5.73 Å². The summed E-state index contributed by atoms with van der Waals surface area (Å²) in [6.07, 6.45) is 3.11. The van der Waals surface area contributed by atoms with Crippen LogP contribution in [0, 0.1) is 11.3 Å². The monoisotopic (exact) mass is 390 g/mol. The van der Waals surface area contributed by atoms with E-state index in [1.807, 2.05) is 6.07 Å². The molecule has 4 rings (SSSR count). The van der Waals surface area contributed by atoms with Crippen molar-refractivity contribution in [2.45, 2.75) is 6.04 Å². The molecule has 28 heavy (non-hydrogen) atoms. The SMILES string of the molecule is N#Cc1cccc(C(CN)n2cnc3cc(-c4cn[nH]c4Cl)ccc3c2=O)c1. The highest BCUT2D eigenvalue weighted by Gasteiger charge is 2.16. The van der Waals surface area contributed by atoms with Gasteiger partial charge in [-0.1, -0.05) is 29.8 Å². The molecule has 0 aliphatic carbocycles. The third kappa shape index (κ3) is 3.05. The van der Waals surface area contributed by atoms with Gasteiger partial charge in [-0.2, -0.15) is 10.4 Å². The summed E-state index contributed by atoms with van der Waals surface area (Å²) in [5.41, 5.74) is 9.15. The number of benzene rings is 2. The van der Waals surface area contributed by atoms with Gasteiger partial charge in [0.15, 0.2) is 0 Å². The minimum atomic E-state index is -0.416. The molecule has 0 saturated carbocycles. The van der Waals surface area contributed by atoms with Gasteiger partial charge in [-0.25, -0.2) is 4.98 Å². The van der Waals surface area contributed by atoms with Crippen molar-refractivity contribution in [3.63, 3.8) is 0 Å². The molecule has 138 valence electrons. The molecule has 3 N–H and O–H groups in total. The second-order valence-corrected chi connectivity index (χ2v) is 6.65. The number of nitrogens with one attached hydrogen (secondary N) is 1. The standard InChI is InChI=1S/C20H15ClN6O/c21-19-16(10-25-26-19)13-4-5-15-17(7-13)24-11-27(20(15)28)18(9-23)14-3-1-2-12(6-14)8-22/h1-7,10-11,18H,9,23H2,(H,25,26). The van der Waals surface area contributed by atoms with Crippen LogP contribution in [0.25, 0.3) is 22.0 Å². The number of halogens is 1. The van der Waals surface area contributed by atoms with Crippen LogP contribution in [0.3, 0.4) is 0 Å². The average Bonchev–Trinajstić information content (AvgIpc) is 3.16. The molecule has 0 fully saturated rings. The molecule has 2 heterocycles. The van der Waals surface area contributed by atoms with Gasteiger partial charge in [0.25, 0.3) is 5.56 Å². The normalized spacial score (nSPS) is 12.0. The van der Waals surface area contributed by atoms with Gasteiger partial charge in [0.05, 0.1) is 41.1 Å². The summed E-state index contributed by atoms with van der Waals surface area (Å²) < 4.78 is 1.50. The molecule has 0 spiro atoms. The highest BCUT2D eigenvalue weighted by atomic mass is 35.5. The number of aromatic amines is 1. The number of rotatable bonds is 4. The third-order valence-corrected chi connectivity index (χ3v) is 4.94. The van der Waals surface area contributed by atoms with Crippen LogP contribution in [-0.2, 0) is 0 Å². The van der Waals surface area contributed by atoms with Crippen molar-refractivity contribution >= 4 is 22.5 Å². The quantitative estimate of drug-likeness (QED) is 0.556. The summed E-state index contributed by atoms with van der Waals surface area (Å²) in [4.78, 5) is 17.5. The lowest BCUT2D eigenvalue weighted by Crippen LogP contribution is -2.30. The van der Waals surface area contributed by atoms with Gasteiger partial charge in [-0.3, -0.25) is 14.5 Å². The summed E-state index contributed by atoms with van der Waals surface area (Å²) in [6.45, 7) is 0.199. The van der Waals surface area contributed by atoms with Crippen LogP contribution in [0.5, 0.6) is 0 Å². The zero-order valence-corrected chi connectivity index (χ0v) is 15.4. The number of aromatic nitrogens is 4. The molecule has 0 amide bonds. The van der Waals surface area contributed by atoms with Crippen molar-refractivity contribution in [3.8, 4) is 17.2 Å². The first kappa shape index (κ1) is 17.9. The smallest absolute Gasteiger partial charge is 0.261 e. The fourth-order valence-electron chi connectivity index (χ4n) is 3.22. The Balaban J connectivity index is 1.82. The average molecular weight is 391 g/mol. The van der Waals surface area contributed by atoms with Crippen LogP contribution in [0.15, 0.2) is 59.8 Å². The van der Waals surface area contributed by atoms with E-state index in [1.54, 1.807) is 42.6 Å². The van der Waals surface area contributed by atoms with E-state index in [0.717, 1.165) is 16.7 Å². The predicted molar refractivity (Wildman–Crippen MR) is 107 cm³/mol. The molecule has 0 aliphatic heterocycles. The van der Waals surface area contributed by atoms with E-state index in [2.05, 4.69) is 21.3 Å². The molecule has 1 unspecified atom stereocenters. The first-order valence-electron chi connectivity index (χ1n) is 8.52. The largest absolute Gasteiger partial charge is 0.328 e. The van der Waals surface area contributed by atoms with Gasteiger partial charge >= 0.3 is 0 Å². The Bertz CT molecular complexity index is 1270. The molecule has 0 radical (unpaired) electrons. The second-order valence-electron chi connectivity index (χ2n) is 6.28. The van der Waals surface area contributed by atoms with Crippen LogP contribution in [0.4, 0.5) is 0 Å². The zero-order valence-electron chi connectivity index (χ0n) is 14.6. The molecule has 2 aromatic carbocycles. The zero-order chi connectivity index (χ0) is 19.7. The topological polar surface area (TPSA) is 113 Å². The van der Waals surface area contributed by atoms with Gasteiger partial charge < -0.3 is 5.73 Å². The Labute approximate surface area is 165 Å². The molecule has 8 heteroatoms. The number of fused-ring (bicyclic) bond motifs is 1. The van der Waals surface area contributed by atoms with Crippen LogP contribution in [0.2, 0.25) is 5.15 Å². The second kappa shape index (κ2) is 7.27. The highest BCUT2D eigenvalue weighted by Crippen LogP contribution is 2.27. The summed E-state index contributed by atoms with van der Waals surface area (Å²) >= 11 is 6.09. The fourth-order valence-corrected chi connectivity index (χ4v) is 3.43. The van der Waals surface area contributed by atoms with Gasteiger partial charge in [0.2, 0.25) is 0 Å². The number of nitriles is 1. The van der Waals surface area contributed by atoms with Crippen LogP contribution < -0.4 is 11.3 Å². The third-order valence-electron chi connectivity index (χ3n) is 4.65. The predicted octanol–water partition coefficient (Wildman–Crippen LogP) is 2.86. The molecule has 0 bridgehead atoms. The van der Waals surface area contributed by atoms with E-state index >= 15 is 0 Å². The lowest BCUT2D eigenvalue weighted by atomic mass is 10.0. The molecule has 0 saturated heterocycles. The number of nitrogens with two attached hydrogens (primary N) is 1. The highest BCUT2D eigenvalue weighted by molar-refractivity contribution is 6.32. The van der Waals surface area contributed by atoms with Gasteiger partial charge in [-0.15, -0.1) is 0 Å². The molecule has 1 atom stereocenters. The molecule has 0 aliphatic rings. The van der Waals surface area contributed by atoms with Crippen LogP contribution in [0.1, 0.15) is 17.2 Å². The maximum atomic E-state index is 13.1. The van der Waals surface area contributed by atoms with E-state index in [4.69, 9.17) is 22.6 Å². The lowest BCUT2D eigenvalue weighted by molar-refractivity contribution is 0.570. The minimum absolute atomic E-state index is 0.199. The molecule has 7 nitrogen and oxygen atoms in total.